The molecule has 0 radical (unpaired) electrons. The summed E-state index contributed by atoms with van der Waals surface area (Å²) in [7, 11) is 0. The zero-order chi connectivity index (χ0) is 17.6. The van der Waals surface area contributed by atoms with Crippen LogP contribution in [0.15, 0.2) is 41.5 Å². The van der Waals surface area contributed by atoms with Gasteiger partial charge in [0.15, 0.2) is 0 Å². The van der Waals surface area contributed by atoms with E-state index in [0.717, 1.165) is 18.4 Å². The predicted molar refractivity (Wildman–Crippen MR) is 102 cm³/mol. The van der Waals surface area contributed by atoms with Gasteiger partial charge in [-0.25, -0.2) is 0 Å². The van der Waals surface area contributed by atoms with Gasteiger partial charge in [0, 0.05) is 10.5 Å². The van der Waals surface area contributed by atoms with Crippen molar-refractivity contribution >= 4 is 17.7 Å². The summed E-state index contributed by atoms with van der Waals surface area (Å²) >= 11 is 1.82. The number of esters is 1. The topological polar surface area (TPSA) is 52.3 Å². The summed E-state index contributed by atoms with van der Waals surface area (Å²) in [5.74, 6) is 0.310. The van der Waals surface area contributed by atoms with Crippen molar-refractivity contribution in [3.8, 4) is 0 Å². The summed E-state index contributed by atoms with van der Waals surface area (Å²) in [6.45, 7) is 6.98. The fourth-order valence-corrected chi connectivity index (χ4v) is 4.13. The minimum atomic E-state index is -0.555. The summed E-state index contributed by atoms with van der Waals surface area (Å²) in [4.78, 5) is 12.1. The van der Waals surface area contributed by atoms with Gasteiger partial charge >= 0.3 is 5.97 Å². The molecule has 0 aromatic heterocycles. The van der Waals surface area contributed by atoms with Gasteiger partial charge in [-0.1, -0.05) is 48.4 Å². The van der Waals surface area contributed by atoms with Gasteiger partial charge in [-0.3, -0.25) is 4.79 Å². The maximum absolute atomic E-state index is 12.1. The summed E-state index contributed by atoms with van der Waals surface area (Å²) in [5.41, 5.74) is 10.1. The zero-order valence-corrected chi connectivity index (χ0v) is 15.8. The normalized spacial score (nSPS) is 22.1. The van der Waals surface area contributed by atoms with Crippen LogP contribution in [0.4, 0.5) is 0 Å². The molecule has 0 unspecified atom stereocenters. The number of hydrogen-bond donors (Lipinski definition) is 1. The molecule has 1 aliphatic rings. The van der Waals surface area contributed by atoms with Crippen molar-refractivity contribution in [3.05, 3.63) is 47.0 Å². The third kappa shape index (κ3) is 5.67. The van der Waals surface area contributed by atoms with E-state index in [-0.39, 0.29) is 10.7 Å². The van der Waals surface area contributed by atoms with Crippen molar-refractivity contribution < 1.29 is 9.53 Å². The minimum absolute atomic E-state index is 0.219. The van der Waals surface area contributed by atoms with Gasteiger partial charge in [-0.05, 0) is 45.1 Å². The van der Waals surface area contributed by atoms with Crippen LogP contribution in [0.1, 0.15) is 52.0 Å². The number of nitrogens with two attached hydrogens (primary N) is 1. The lowest BCUT2D eigenvalue weighted by Crippen LogP contribution is -2.37. The molecular formula is C20H29NO2S. The van der Waals surface area contributed by atoms with E-state index in [2.05, 4.69) is 20.8 Å². The largest absolute Gasteiger partial charge is 0.460 e. The Hall–Kier alpha value is -1.26. The molecule has 0 saturated heterocycles. The molecule has 0 heterocycles. The average molecular weight is 348 g/mol. The van der Waals surface area contributed by atoms with Crippen LogP contribution >= 0.6 is 11.8 Å². The SMILES string of the molecule is CC(C)=C1CCC(C)(SC[C@H](N)C(=O)OCc2ccccc2)CC1. The van der Waals surface area contributed by atoms with Gasteiger partial charge in [0.05, 0.1) is 0 Å². The van der Waals surface area contributed by atoms with Gasteiger partial charge in [0.1, 0.15) is 12.6 Å². The first-order valence-corrected chi connectivity index (χ1v) is 9.63. The molecule has 0 aliphatic heterocycles. The van der Waals surface area contributed by atoms with Crippen molar-refractivity contribution in [1.82, 2.24) is 0 Å². The van der Waals surface area contributed by atoms with E-state index in [0.29, 0.717) is 12.4 Å². The summed E-state index contributed by atoms with van der Waals surface area (Å²) in [6.07, 6.45) is 4.65. The molecule has 1 atom stereocenters. The van der Waals surface area contributed by atoms with Gasteiger partial charge < -0.3 is 10.5 Å². The number of benzene rings is 1. The number of carbonyl (C=O) groups excluding carboxylic acids is 1. The van der Waals surface area contributed by atoms with Crippen LogP contribution in [0.2, 0.25) is 0 Å². The second-order valence-corrected chi connectivity index (χ2v) is 8.67. The van der Waals surface area contributed by atoms with E-state index in [1.807, 2.05) is 42.1 Å². The molecule has 4 heteroatoms. The monoisotopic (exact) mass is 347 g/mol. The minimum Gasteiger partial charge on any atom is -0.460 e. The fraction of sp³-hybridized carbons (Fsp3) is 0.550. The third-order valence-corrected chi connectivity index (χ3v) is 6.39. The van der Waals surface area contributed by atoms with Crippen LogP contribution in [0.25, 0.3) is 0 Å². The molecule has 1 aromatic rings. The highest BCUT2D eigenvalue weighted by atomic mass is 32.2. The van der Waals surface area contributed by atoms with E-state index in [9.17, 15) is 4.79 Å². The molecule has 0 spiro atoms. The second-order valence-electron chi connectivity index (χ2n) is 7.06. The van der Waals surface area contributed by atoms with E-state index in [1.165, 1.54) is 18.4 Å². The smallest absolute Gasteiger partial charge is 0.324 e. The highest BCUT2D eigenvalue weighted by molar-refractivity contribution is 8.00. The number of rotatable bonds is 6. The van der Waals surface area contributed by atoms with Gasteiger partial charge in [0.25, 0.3) is 0 Å². The Balaban J connectivity index is 1.75. The summed E-state index contributed by atoms with van der Waals surface area (Å²) < 4.78 is 5.55. The van der Waals surface area contributed by atoms with E-state index in [1.54, 1.807) is 5.57 Å². The first-order chi connectivity index (χ1) is 11.4. The van der Waals surface area contributed by atoms with Crippen molar-refractivity contribution in [3.63, 3.8) is 0 Å². The molecule has 1 fully saturated rings. The number of hydrogen-bond acceptors (Lipinski definition) is 4. The van der Waals surface area contributed by atoms with Gasteiger partial charge in [-0.15, -0.1) is 0 Å². The average Bonchev–Trinajstić information content (AvgIpc) is 2.59. The molecular weight excluding hydrogens is 318 g/mol. The number of allylic oxidation sites excluding steroid dienone is 2. The van der Waals surface area contributed by atoms with Crippen LogP contribution in [0, 0.1) is 0 Å². The fourth-order valence-electron chi connectivity index (χ4n) is 2.92. The standard InChI is InChI=1S/C20H29NO2S/c1-15(2)17-9-11-20(3,12-10-17)24-14-18(21)19(22)23-13-16-7-5-4-6-8-16/h4-8,18H,9-14,21H2,1-3H3/t18-/m0/s1. The van der Waals surface area contributed by atoms with Crippen molar-refractivity contribution in [2.75, 3.05) is 5.75 Å². The van der Waals surface area contributed by atoms with Crippen molar-refractivity contribution in [2.24, 2.45) is 5.73 Å². The number of ether oxygens (including phenoxy) is 1. The molecule has 24 heavy (non-hydrogen) atoms. The van der Waals surface area contributed by atoms with Crippen LogP contribution < -0.4 is 5.73 Å². The Morgan fingerprint density at radius 3 is 2.46 bits per heavy atom. The Labute approximate surface area is 150 Å². The number of thioether (sulfide) groups is 1. The maximum atomic E-state index is 12.1. The molecule has 1 saturated carbocycles. The van der Waals surface area contributed by atoms with Crippen LogP contribution in [0.3, 0.4) is 0 Å². The molecule has 2 rings (SSSR count). The molecule has 3 nitrogen and oxygen atoms in total. The van der Waals surface area contributed by atoms with E-state index < -0.39 is 6.04 Å². The Kier molecular flexibility index (Phi) is 6.93. The Morgan fingerprint density at radius 1 is 1.25 bits per heavy atom. The Bertz CT molecular complexity index is 569. The van der Waals surface area contributed by atoms with Crippen LogP contribution in [-0.2, 0) is 16.1 Å². The highest BCUT2D eigenvalue weighted by Crippen LogP contribution is 2.42. The first-order valence-electron chi connectivity index (χ1n) is 8.65. The third-order valence-electron chi connectivity index (χ3n) is 4.76. The van der Waals surface area contributed by atoms with Gasteiger partial charge in [0.2, 0.25) is 0 Å². The van der Waals surface area contributed by atoms with Crippen molar-refractivity contribution in [2.45, 2.75) is 63.9 Å². The lowest BCUT2D eigenvalue weighted by Gasteiger charge is -2.35. The summed E-state index contributed by atoms with van der Waals surface area (Å²) in [5, 5.41) is 0. The molecule has 1 aliphatic carbocycles. The first kappa shape index (κ1) is 19.1. The molecule has 0 amide bonds. The maximum Gasteiger partial charge on any atom is 0.324 e. The predicted octanol–water partition coefficient (Wildman–Crippen LogP) is 4.46. The lowest BCUT2D eigenvalue weighted by molar-refractivity contribution is -0.145. The lowest BCUT2D eigenvalue weighted by atomic mass is 9.84. The second kappa shape index (κ2) is 8.72. The van der Waals surface area contributed by atoms with Gasteiger partial charge in [-0.2, -0.15) is 11.8 Å². The summed E-state index contributed by atoms with van der Waals surface area (Å²) in [6, 6.07) is 9.14. The van der Waals surface area contributed by atoms with E-state index >= 15 is 0 Å². The Morgan fingerprint density at radius 2 is 1.88 bits per heavy atom. The molecule has 132 valence electrons. The molecule has 2 N–H and O–H groups in total. The van der Waals surface area contributed by atoms with E-state index in [4.69, 9.17) is 10.5 Å². The number of carbonyl (C=O) groups is 1. The molecule has 1 aromatic carbocycles. The zero-order valence-electron chi connectivity index (χ0n) is 15.0. The van der Waals surface area contributed by atoms with Crippen molar-refractivity contribution in [1.29, 1.82) is 0 Å². The quantitative estimate of drug-likeness (QED) is 0.610. The molecule has 0 bridgehead atoms. The highest BCUT2D eigenvalue weighted by Gasteiger charge is 2.31. The van der Waals surface area contributed by atoms with Crippen LogP contribution in [-0.4, -0.2) is 22.5 Å². The van der Waals surface area contributed by atoms with Crippen LogP contribution in [0.5, 0.6) is 0 Å².